The Hall–Kier alpha value is -2.43. The van der Waals surface area contributed by atoms with Gasteiger partial charge in [0.05, 0.1) is 12.1 Å². The maximum Gasteiger partial charge on any atom is 0.315 e. The quantitative estimate of drug-likeness (QED) is 0.715. The Kier molecular flexibility index (Phi) is 7.13. The molecule has 2 amide bonds. The molecule has 26 heavy (non-hydrogen) atoms. The van der Waals surface area contributed by atoms with E-state index in [4.69, 9.17) is 9.15 Å². The summed E-state index contributed by atoms with van der Waals surface area (Å²) >= 11 is 0. The Bertz CT molecular complexity index is 692. The van der Waals surface area contributed by atoms with Crippen molar-refractivity contribution in [2.45, 2.75) is 65.6 Å². The van der Waals surface area contributed by atoms with Crippen LogP contribution < -0.4 is 15.4 Å². The van der Waals surface area contributed by atoms with Gasteiger partial charge in [-0.15, -0.1) is 0 Å². The number of hydrogen-bond acceptors (Lipinski definition) is 3. The van der Waals surface area contributed by atoms with Crippen molar-refractivity contribution in [1.29, 1.82) is 0 Å². The molecule has 0 fully saturated rings. The summed E-state index contributed by atoms with van der Waals surface area (Å²) in [6.07, 6.45) is 1.94. The molecule has 0 aliphatic carbocycles. The molecule has 0 radical (unpaired) electrons. The Labute approximate surface area is 156 Å². The minimum Gasteiger partial charge on any atom is -0.491 e. The van der Waals surface area contributed by atoms with E-state index in [-0.39, 0.29) is 24.2 Å². The second kappa shape index (κ2) is 9.32. The number of ether oxygens (including phenoxy) is 1. The third kappa shape index (κ3) is 6.47. The molecule has 2 N–H and O–H groups in total. The second-order valence-corrected chi connectivity index (χ2v) is 7.04. The summed E-state index contributed by atoms with van der Waals surface area (Å²) in [5, 5.41) is 5.88. The maximum atomic E-state index is 12.1. The second-order valence-electron chi connectivity index (χ2n) is 7.04. The first-order valence-corrected chi connectivity index (χ1v) is 9.22. The van der Waals surface area contributed by atoms with E-state index in [0.29, 0.717) is 0 Å². The fraction of sp³-hybridized carbons (Fsp3) is 0.476. The van der Waals surface area contributed by atoms with Gasteiger partial charge in [0.15, 0.2) is 0 Å². The van der Waals surface area contributed by atoms with E-state index in [9.17, 15) is 4.79 Å². The lowest BCUT2D eigenvalue weighted by Gasteiger charge is -2.17. The van der Waals surface area contributed by atoms with Crippen LogP contribution >= 0.6 is 0 Å². The highest BCUT2D eigenvalue weighted by Gasteiger charge is 2.14. The van der Waals surface area contributed by atoms with Crippen LogP contribution in [0.25, 0.3) is 0 Å². The SMILES string of the molecule is Cc1ccc(C(C)NC(=O)NC(C)CCc2ccc(OC(C)C)cc2)o1. The Morgan fingerprint density at radius 2 is 1.73 bits per heavy atom. The van der Waals surface area contributed by atoms with Crippen LogP contribution in [0, 0.1) is 6.92 Å². The highest BCUT2D eigenvalue weighted by molar-refractivity contribution is 5.74. The average molecular weight is 358 g/mol. The van der Waals surface area contributed by atoms with E-state index in [0.717, 1.165) is 30.1 Å². The molecule has 1 aromatic heterocycles. The molecular formula is C21H30N2O3. The Balaban J connectivity index is 1.73. The predicted molar refractivity (Wildman–Crippen MR) is 104 cm³/mol. The van der Waals surface area contributed by atoms with Crippen LogP contribution in [-0.4, -0.2) is 18.2 Å². The standard InChI is InChI=1S/C21H30N2O3/c1-14(2)25-19-11-9-18(10-12-19)8-6-15(3)22-21(24)23-17(5)20-13-7-16(4)26-20/h7,9-15,17H,6,8H2,1-5H3,(H2,22,23,24). The van der Waals surface area contributed by atoms with Crippen molar-refractivity contribution in [2.24, 2.45) is 0 Å². The molecule has 1 aromatic carbocycles. The largest absolute Gasteiger partial charge is 0.491 e. The third-order valence-corrected chi connectivity index (χ3v) is 4.07. The normalized spacial score (nSPS) is 13.3. The molecule has 142 valence electrons. The van der Waals surface area contributed by atoms with Crippen molar-refractivity contribution < 1.29 is 13.9 Å². The molecule has 5 nitrogen and oxygen atoms in total. The molecule has 0 aliphatic rings. The number of furan rings is 1. The summed E-state index contributed by atoms with van der Waals surface area (Å²) < 4.78 is 11.2. The van der Waals surface area contributed by atoms with Gasteiger partial charge in [0.2, 0.25) is 0 Å². The van der Waals surface area contributed by atoms with Crippen molar-refractivity contribution in [3.8, 4) is 5.75 Å². The van der Waals surface area contributed by atoms with Crippen LogP contribution in [0.1, 0.15) is 57.2 Å². The number of aryl methyl sites for hydroxylation is 2. The van der Waals surface area contributed by atoms with E-state index < -0.39 is 0 Å². The number of rotatable bonds is 8. The van der Waals surface area contributed by atoms with Gasteiger partial charge >= 0.3 is 6.03 Å². The monoisotopic (exact) mass is 358 g/mol. The number of urea groups is 1. The van der Waals surface area contributed by atoms with Crippen LogP contribution in [0.5, 0.6) is 5.75 Å². The van der Waals surface area contributed by atoms with Gasteiger partial charge in [-0.3, -0.25) is 0 Å². The maximum absolute atomic E-state index is 12.1. The molecule has 1 heterocycles. The molecule has 5 heteroatoms. The van der Waals surface area contributed by atoms with Crippen molar-refractivity contribution in [3.63, 3.8) is 0 Å². The summed E-state index contributed by atoms with van der Waals surface area (Å²) in [5.41, 5.74) is 1.23. The zero-order valence-corrected chi connectivity index (χ0v) is 16.3. The number of amides is 2. The number of hydrogen-bond donors (Lipinski definition) is 2. The Morgan fingerprint density at radius 1 is 1.04 bits per heavy atom. The van der Waals surface area contributed by atoms with Crippen molar-refractivity contribution in [1.82, 2.24) is 10.6 Å². The first-order chi connectivity index (χ1) is 12.3. The molecule has 0 saturated heterocycles. The summed E-state index contributed by atoms with van der Waals surface area (Å²) in [7, 11) is 0. The van der Waals surface area contributed by atoms with Crippen LogP contribution in [0.3, 0.4) is 0 Å². The first kappa shape index (κ1) is 19.9. The average Bonchev–Trinajstić information content (AvgIpc) is 3.00. The van der Waals surface area contributed by atoms with Gasteiger partial charge in [0, 0.05) is 6.04 Å². The lowest BCUT2D eigenvalue weighted by atomic mass is 10.1. The third-order valence-electron chi connectivity index (χ3n) is 4.07. The summed E-state index contributed by atoms with van der Waals surface area (Å²) in [6, 6.07) is 11.6. The lowest BCUT2D eigenvalue weighted by Crippen LogP contribution is -2.41. The molecule has 0 spiro atoms. The minimum absolute atomic E-state index is 0.0760. The molecular weight excluding hydrogens is 328 g/mol. The number of nitrogens with one attached hydrogen (secondary N) is 2. The van der Waals surface area contributed by atoms with Gasteiger partial charge in [-0.2, -0.15) is 0 Å². The van der Waals surface area contributed by atoms with Gasteiger partial charge in [-0.05, 0) is 77.3 Å². The number of carbonyl (C=O) groups is 1. The predicted octanol–water partition coefficient (Wildman–Crippen LogP) is 4.76. The van der Waals surface area contributed by atoms with E-state index >= 15 is 0 Å². The first-order valence-electron chi connectivity index (χ1n) is 9.22. The summed E-state index contributed by atoms with van der Waals surface area (Å²) in [6.45, 7) is 9.83. The van der Waals surface area contributed by atoms with E-state index in [1.165, 1.54) is 5.56 Å². The van der Waals surface area contributed by atoms with Gasteiger partial charge in [0.1, 0.15) is 17.3 Å². The zero-order chi connectivity index (χ0) is 19.1. The van der Waals surface area contributed by atoms with Gasteiger partial charge < -0.3 is 19.8 Å². The topological polar surface area (TPSA) is 63.5 Å². The van der Waals surface area contributed by atoms with E-state index in [1.54, 1.807) is 0 Å². The molecule has 0 saturated carbocycles. The minimum atomic E-state index is -0.181. The highest BCUT2D eigenvalue weighted by atomic mass is 16.5. The van der Waals surface area contributed by atoms with Crippen LogP contribution in [0.15, 0.2) is 40.8 Å². The van der Waals surface area contributed by atoms with E-state index in [2.05, 4.69) is 22.8 Å². The molecule has 2 rings (SSSR count). The van der Waals surface area contributed by atoms with Gasteiger partial charge in [0.25, 0.3) is 0 Å². The molecule has 0 aliphatic heterocycles. The van der Waals surface area contributed by atoms with Crippen molar-refractivity contribution >= 4 is 6.03 Å². The molecule has 2 atom stereocenters. The van der Waals surface area contributed by atoms with Crippen LogP contribution in [0.2, 0.25) is 0 Å². The van der Waals surface area contributed by atoms with Crippen LogP contribution in [-0.2, 0) is 6.42 Å². The van der Waals surface area contributed by atoms with Crippen molar-refractivity contribution in [2.75, 3.05) is 0 Å². The molecule has 2 aromatic rings. The van der Waals surface area contributed by atoms with Gasteiger partial charge in [-0.1, -0.05) is 12.1 Å². The molecule has 2 unspecified atom stereocenters. The Morgan fingerprint density at radius 3 is 2.31 bits per heavy atom. The summed E-state index contributed by atoms with van der Waals surface area (Å²) in [5.74, 6) is 2.48. The smallest absolute Gasteiger partial charge is 0.315 e. The fourth-order valence-electron chi connectivity index (χ4n) is 2.68. The summed E-state index contributed by atoms with van der Waals surface area (Å²) in [4.78, 5) is 12.1. The van der Waals surface area contributed by atoms with Crippen molar-refractivity contribution in [3.05, 3.63) is 53.5 Å². The lowest BCUT2D eigenvalue weighted by molar-refractivity contribution is 0.232. The number of carbonyl (C=O) groups excluding carboxylic acids is 1. The van der Waals surface area contributed by atoms with Crippen LogP contribution in [0.4, 0.5) is 4.79 Å². The van der Waals surface area contributed by atoms with Gasteiger partial charge in [-0.25, -0.2) is 4.79 Å². The highest BCUT2D eigenvalue weighted by Crippen LogP contribution is 2.16. The molecule has 0 bridgehead atoms. The fourth-order valence-corrected chi connectivity index (χ4v) is 2.68. The van der Waals surface area contributed by atoms with E-state index in [1.807, 2.05) is 58.9 Å². The zero-order valence-electron chi connectivity index (χ0n) is 16.3. The number of benzene rings is 1.